The zero-order valence-electron chi connectivity index (χ0n) is 10.4. The molecular formula is C13H17NO4. The maximum absolute atomic E-state index is 11.8. The molecule has 1 aromatic carbocycles. The predicted molar refractivity (Wildman–Crippen MR) is 66.5 cm³/mol. The summed E-state index contributed by atoms with van der Waals surface area (Å²) in [5.74, 6) is -1.43. The third-order valence-electron chi connectivity index (χ3n) is 2.42. The molecule has 18 heavy (non-hydrogen) atoms. The van der Waals surface area contributed by atoms with Gasteiger partial charge in [0, 0.05) is 5.56 Å². The van der Waals surface area contributed by atoms with Gasteiger partial charge >= 0.3 is 5.97 Å². The average Bonchev–Trinajstić information content (AvgIpc) is 2.27. The number of phenolic OH excluding ortho intramolecular Hbond substituents is 1. The second kappa shape index (κ2) is 6.05. The molecule has 1 aromatic rings. The lowest BCUT2D eigenvalue weighted by Crippen LogP contribution is -2.41. The Bertz CT molecular complexity index is 442. The first-order valence-corrected chi connectivity index (χ1v) is 5.73. The molecule has 0 fully saturated rings. The van der Waals surface area contributed by atoms with Crippen LogP contribution in [0.1, 0.15) is 30.6 Å². The molecule has 0 radical (unpaired) electrons. The summed E-state index contributed by atoms with van der Waals surface area (Å²) in [6.45, 7) is 3.77. The second-order valence-corrected chi connectivity index (χ2v) is 4.54. The minimum atomic E-state index is -1.06. The number of phenols is 1. The first-order valence-electron chi connectivity index (χ1n) is 5.73. The van der Waals surface area contributed by atoms with Crippen LogP contribution < -0.4 is 5.32 Å². The van der Waals surface area contributed by atoms with Crippen LogP contribution in [0.25, 0.3) is 0 Å². The van der Waals surface area contributed by atoms with E-state index in [0.29, 0.717) is 6.42 Å². The van der Waals surface area contributed by atoms with Crippen LogP contribution in [0.5, 0.6) is 5.75 Å². The number of carboxylic acid groups (broad SMARTS) is 1. The first kappa shape index (κ1) is 14.0. The Morgan fingerprint density at radius 1 is 1.33 bits per heavy atom. The minimum absolute atomic E-state index is 0.0293. The van der Waals surface area contributed by atoms with Crippen molar-refractivity contribution in [2.24, 2.45) is 5.92 Å². The van der Waals surface area contributed by atoms with Gasteiger partial charge in [0.05, 0.1) is 0 Å². The summed E-state index contributed by atoms with van der Waals surface area (Å²) < 4.78 is 0. The number of carboxylic acids is 1. The van der Waals surface area contributed by atoms with Crippen LogP contribution in [-0.4, -0.2) is 28.1 Å². The normalized spacial score (nSPS) is 12.2. The number of benzene rings is 1. The topological polar surface area (TPSA) is 86.6 Å². The number of aromatic hydroxyl groups is 1. The lowest BCUT2D eigenvalue weighted by atomic mass is 10.0. The van der Waals surface area contributed by atoms with Crippen LogP contribution >= 0.6 is 0 Å². The Hall–Kier alpha value is -2.04. The molecule has 0 aromatic heterocycles. The molecule has 1 rings (SSSR count). The summed E-state index contributed by atoms with van der Waals surface area (Å²) in [6.07, 6.45) is 0.361. The number of amides is 1. The number of aliphatic carboxylic acids is 1. The molecule has 1 unspecified atom stereocenters. The van der Waals surface area contributed by atoms with Gasteiger partial charge in [0.15, 0.2) is 0 Å². The summed E-state index contributed by atoms with van der Waals surface area (Å²) in [6, 6.07) is 4.87. The average molecular weight is 251 g/mol. The van der Waals surface area contributed by atoms with Gasteiger partial charge in [-0.1, -0.05) is 19.9 Å². The minimum Gasteiger partial charge on any atom is -0.508 e. The summed E-state index contributed by atoms with van der Waals surface area (Å²) >= 11 is 0. The lowest BCUT2D eigenvalue weighted by Gasteiger charge is -2.16. The molecule has 98 valence electrons. The fourth-order valence-corrected chi connectivity index (χ4v) is 1.58. The largest absolute Gasteiger partial charge is 0.508 e. The molecule has 0 aliphatic heterocycles. The molecule has 1 atom stereocenters. The van der Waals surface area contributed by atoms with E-state index in [4.69, 9.17) is 5.11 Å². The zero-order chi connectivity index (χ0) is 13.7. The summed E-state index contributed by atoms with van der Waals surface area (Å²) in [5.41, 5.74) is 0.241. The SMILES string of the molecule is CC(C)CC(NC(=O)c1cccc(O)c1)C(=O)O. The highest BCUT2D eigenvalue weighted by Crippen LogP contribution is 2.12. The molecule has 0 bridgehead atoms. The second-order valence-electron chi connectivity index (χ2n) is 4.54. The van der Waals surface area contributed by atoms with Gasteiger partial charge in [-0.15, -0.1) is 0 Å². The Labute approximate surface area is 105 Å². The third kappa shape index (κ3) is 4.08. The van der Waals surface area contributed by atoms with Gasteiger partial charge in [0.25, 0.3) is 5.91 Å². The van der Waals surface area contributed by atoms with Crippen LogP contribution in [-0.2, 0) is 4.79 Å². The van der Waals surface area contributed by atoms with Gasteiger partial charge in [-0.3, -0.25) is 4.79 Å². The van der Waals surface area contributed by atoms with Crippen molar-refractivity contribution in [3.8, 4) is 5.75 Å². The van der Waals surface area contributed by atoms with Crippen molar-refractivity contribution in [1.82, 2.24) is 5.32 Å². The third-order valence-corrected chi connectivity index (χ3v) is 2.42. The highest BCUT2D eigenvalue weighted by molar-refractivity contribution is 5.96. The van der Waals surface area contributed by atoms with Gasteiger partial charge in [0.1, 0.15) is 11.8 Å². The molecule has 0 aliphatic rings. The number of nitrogens with one attached hydrogen (secondary N) is 1. The maximum atomic E-state index is 11.8. The summed E-state index contributed by atoms with van der Waals surface area (Å²) in [7, 11) is 0. The van der Waals surface area contributed by atoms with Gasteiger partial charge < -0.3 is 15.5 Å². The van der Waals surface area contributed by atoms with Crippen molar-refractivity contribution in [3.05, 3.63) is 29.8 Å². The van der Waals surface area contributed by atoms with Gasteiger partial charge in [0.2, 0.25) is 0 Å². The molecular weight excluding hydrogens is 234 g/mol. The van der Waals surface area contributed by atoms with E-state index in [1.807, 2.05) is 13.8 Å². The molecule has 3 N–H and O–H groups in total. The van der Waals surface area contributed by atoms with E-state index < -0.39 is 17.9 Å². The monoisotopic (exact) mass is 251 g/mol. The molecule has 0 heterocycles. The Kier molecular flexibility index (Phi) is 4.71. The first-order chi connectivity index (χ1) is 8.40. The fraction of sp³-hybridized carbons (Fsp3) is 0.385. The van der Waals surface area contributed by atoms with E-state index >= 15 is 0 Å². The molecule has 0 saturated carbocycles. The number of hydrogen-bond donors (Lipinski definition) is 3. The fourth-order valence-electron chi connectivity index (χ4n) is 1.58. The van der Waals surface area contributed by atoms with Crippen LogP contribution in [0.3, 0.4) is 0 Å². The van der Waals surface area contributed by atoms with Crippen molar-refractivity contribution in [1.29, 1.82) is 0 Å². The molecule has 1 amide bonds. The molecule has 0 spiro atoms. The van der Waals surface area contributed by atoms with Crippen LogP contribution in [0, 0.1) is 5.92 Å². The number of hydrogen-bond acceptors (Lipinski definition) is 3. The van der Waals surface area contributed by atoms with Crippen molar-refractivity contribution < 1.29 is 19.8 Å². The van der Waals surface area contributed by atoms with E-state index in [9.17, 15) is 14.7 Å². The zero-order valence-corrected chi connectivity index (χ0v) is 10.4. The van der Waals surface area contributed by atoms with E-state index in [2.05, 4.69) is 5.32 Å². The summed E-state index contributed by atoms with van der Waals surface area (Å²) in [4.78, 5) is 22.8. The van der Waals surface area contributed by atoms with Crippen molar-refractivity contribution in [2.75, 3.05) is 0 Å². The molecule has 5 nitrogen and oxygen atoms in total. The molecule has 5 heteroatoms. The van der Waals surface area contributed by atoms with Crippen molar-refractivity contribution >= 4 is 11.9 Å². The Balaban J connectivity index is 2.75. The highest BCUT2D eigenvalue weighted by Gasteiger charge is 2.21. The highest BCUT2D eigenvalue weighted by atomic mass is 16.4. The van der Waals surface area contributed by atoms with Crippen LogP contribution in [0.2, 0.25) is 0 Å². The summed E-state index contributed by atoms with van der Waals surface area (Å²) in [5, 5.41) is 20.7. The van der Waals surface area contributed by atoms with Crippen LogP contribution in [0.4, 0.5) is 0 Å². The smallest absolute Gasteiger partial charge is 0.326 e. The Morgan fingerprint density at radius 3 is 2.50 bits per heavy atom. The maximum Gasteiger partial charge on any atom is 0.326 e. The van der Waals surface area contributed by atoms with E-state index in [1.165, 1.54) is 24.3 Å². The van der Waals surface area contributed by atoms with Crippen molar-refractivity contribution in [2.45, 2.75) is 26.3 Å². The predicted octanol–water partition coefficient (Wildman–Crippen LogP) is 1.62. The number of rotatable bonds is 5. The van der Waals surface area contributed by atoms with E-state index in [1.54, 1.807) is 0 Å². The van der Waals surface area contributed by atoms with Crippen LogP contribution in [0.15, 0.2) is 24.3 Å². The van der Waals surface area contributed by atoms with Crippen molar-refractivity contribution in [3.63, 3.8) is 0 Å². The molecule has 0 aliphatic carbocycles. The molecule has 0 saturated heterocycles. The van der Waals surface area contributed by atoms with Gasteiger partial charge in [-0.05, 0) is 30.5 Å². The standard InChI is InChI=1S/C13H17NO4/c1-8(2)6-11(13(17)18)14-12(16)9-4-3-5-10(15)7-9/h3-5,7-8,11,15H,6H2,1-2H3,(H,14,16)(H,17,18). The quantitative estimate of drug-likeness (QED) is 0.742. The van der Waals surface area contributed by atoms with Gasteiger partial charge in [-0.2, -0.15) is 0 Å². The Morgan fingerprint density at radius 2 is 2.00 bits per heavy atom. The number of carbonyl (C=O) groups excluding carboxylic acids is 1. The lowest BCUT2D eigenvalue weighted by molar-refractivity contribution is -0.139. The van der Waals surface area contributed by atoms with E-state index in [0.717, 1.165) is 0 Å². The van der Waals surface area contributed by atoms with E-state index in [-0.39, 0.29) is 17.2 Å². The van der Waals surface area contributed by atoms with Gasteiger partial charge in [-0.25, -0.2) is 4.79 Å². The number of carbonyl (C=O) groups is 2.